The van der Waals surface area contributed by atoms with Gasteiger partial charge >= 0.3 is 11.7 Å². The van der Waals surface area contributed by atoms with Gasteiger partial charge in [0.1, 0.15) is 0 Å². The molecular formula is C17H25N5O5. The molecule has 2 aromatic rings. The first-order valence-corrected chi connectivity index (χ1v) is 8.71. The zero-order valence-corrected chi connectivity index (χ0v) is 16.2. The van der Waals surface area contributed by atoms with Crippen molar-refractivity contribution in [2.24, 2.45) is 20.0 Å². The summed E-state index contributed by atoms with van der Waals surface area (Å²) in [5.41, 5.74) is -0.480. The van der Waals surface area contributed by atoms with E-state index in [0.29, 0.717) is 12.5 Å². The van der Waals surface area contributed by atoms with Crippen molar-refractivity contribution in [3.05, 3.63) is 27.2 Å². The summed E-state index contributed by atoms with van der Waals surface area (Å²) >= 11 is 0. The number of aryl methyl sites for hydroxylation is 2. The van der Waals surface area contributed by atoms with Crippen LogP contribution in [0.25, 0.3) is 11.2 Å². The standard InChI is InChI=1S/C17H25N5O5/c1-10(2)8-18-15(24)11(3)27-12(23)6-7-22-9-19-14-13(22)16(25)21(5)17(26)20(14)4/h9-11H,6-8H2,1-5H3,(H,18,24). The molecule has 0 aromatic carbocycles. The number of carbonyl (C=O) groups excluding carboxylic acids is 2. The molecule has 0 aliphatic rings. The van der Waals surface area contributed by atoms with Gasteiger partial charge in [-0.25, -0.2) is 9.78 Å². The number of nitrogens with zero attached hydrogens (tertiary/aromatic N) is 4. The summed E-state index contributed by atoms with van der Waals surface area (Å²) in [5, 5.41) is 2.70. The van der Waals surface area contributed by atoms with Gasteiger partial charge < -0.3 is 14.6 Å². The lowest BCUT2D eigenvalue weighted by atomic mass is 10.2. The molecule has 27 heavy (non-hydrogen) atoms. The molecule has 0 radical (unpaired) electrons. The fourth-order valence-corrected chi connectivity index (χ4v) is 2.54. The smallest absolute Gasteiger partial charge is 0.332 e. The topological polar surface area (TPSA) is 117 Å². The number of aromatic nitrogens is 4. The highest BCUT2D eigenvalue weighted by molar-refractivity contribution is 5.83. The summed E-state index contributed by atoms with van der Waals surface area (Å²) in [6.45, 7) is 6.08. The Morgan fingerprint density at radius 2 is 1.85 bits per heavy atom. The number of nitrogens with one attached hydrogen (secondary N) is 1. The molecule has 10 heteroatoms. The third-order valence-electron chi connectivity index (χ3n) is 4.14. The zero-order valence-electron chi connectivity index (χ0n) is 16.2. The molecule has 0 saturated carbocycles. The number of hydrogen-bond donors (Lipinski definition) is 1. The molecule has 0 fully saturated rings. The van der Waals surface area contributed by atoms with Crippen molar-refractivity contribution < 1.29 is 14.3 Å². The number of esters is 1. The van der Waals surface area contributed by atoms with Gasteiger partial charge in [0, 0.05) is 27.2 Å². The highest BCUT2D eigenvalue weighted by atomic mass is 16.5. The van der Waals surface area contributed by atoms with Crippen LogP contribution in [0, 0.1) is 5.92 Å². The number of rotatable bonds is 7. The molecule has 0 aliphatic heterocycles. The first-order chi connectivity index (χ1) is 12.6. The first kappa shape index (κ1) is 20.4. The van der Waals surface area contributed by atoms with Crippen LogP contribution in [0.4, 0.5) is 0 Å². The van der Waals surface area contributed by atoms with E-state index in [9.17, 15) is 19.2 Å². The van der Waals surface area contributed by atoms with Crippen LogP contribution in [0.15, 0.2) is 15.9 Å². The Morgan fingerprint density at radius 3 is 2.48 bits per heavy atom. The summed E-state index contributed by atoms with van der Waals surface area (Å²) in [5.74, 6) is -0.621. The zero-order chi connectivity index (χ0) is 20.3. The number of imidazole rings is 1. The average molecular weight is 379 g/mol. The van der Waals surface area contributed by atoms with E-state index in [1.807, 2.05) is 13.8 Å². The summed E-state index contributed by atoms with van der Waals surface area (Å²) in [6, 6.07) is 0. The van der Waals surface area contributed by atoms with Crippen LogP contribution in [0.5, 0.6) is 0 Å². The summed E-state index contributed by atoms with van der Waals surface area (Å²) in [4.78, 5) is 52.2. The lowest BCUT2D eigenvalue weighted by Gasteiger charge is -2.14. The highest BCUT2D eigenvalue weighted by Crippen LogP contribution is 2.07. The molecule has 148 valence electrons. The van der Waals surface area contributed by atoms with E-state index in [-0.39, 0.29) is 30.0 Å². The van der Waals surface area contributed by atoms with Gasteiger partial charge in [0.2, 0.25) is 0 Å². The molecule has 2 aromatic heterocycles. The minimum atomic E-state index is -0.899. The largest absolute Gasteiger partial charge is 0.452 e. The van der Waals surface area contributed by atoms with Crippen LogP contribution in [-0.4, -0.2) is 43.2 Å². The van der Waals surface area contributed by atoms with Crippen molar-refractivity contribution in [3.8, 4) is 0 Å². The van der Waals surface area contributed by atoms with Crippen LogP contribution in [0.3, 0.4) is 0 Å². The van der Waals surface area contributed by atoms with Crippen molar-refractivity contribution in [2.75, 3.05) is 6.54 Å². The first-order valence-electron chi connectivity index (χ1n) is 8.71. The van der Waals surface area contributed by atoms with Crippen LogP contribution >= 0.6 is 0 Å². The molecule has 0 bridgehead atoms. The Hall–Kier alpha value is -2.91. The molecule has 1 unspecified atom stereocenters. The molecule has 2 heterocycles. The van der Waals surface area contributed by atoms with Gasteiger partial charge in [-0.05, 0) is 12.8 Å². The Bertz CT molecular complexity index is 968. The summed E-state index contributed by atoms with van der Waals surface area (Å²) in [7, 11) is 2.90. The van der Waals surface area contributed by atoms with Crippen LogP contribution in [-0.2, 0) is 35.0 Å². The van der Waals surface area contributed by atoms with Gasteiger partial charge in [0.05, 0.1) is 12.7 Å². The number of amides is 1. The minimum absolute atomic E-state index is 0.0424. The molecule has 2 rings (SSSR count). The van der Waals surface area contributed by atoms with E-state index in [1.54, 1.807) is 0 Å². The van der Waals surface area contributed by atoms with Crippen LogP contribution < -0.4 is 16.6 Å². The second-order valence-electron chi connectivity index (χ2n) is 6.84. The van der Waals surface area contributed by atoms with Crippen molar-refractivity contribution in [3.63, 3.8) is 0 Å². The summed E-state index contributed by atoms with van der Waals surface area (Å²) in [6.07, 6.45) is 0.459. The Kier molecular flexibility index (Phi) is 6.19. The minimum Gasteiger partial charge on any atom is -0.452 e. The quantitative estimate of drug-likeness (QED) is 0.650. The lowest BCUT2D eigenvalue weighted by Crippen LogP contribution is -2.38. The van der Waals surface area contributed by atoms with Crippen molar-refractivity contribution >= 4 is 23.0 Å². The van der Waals surface area contributed by atoms with E-state index in [2.05, 4.69) is 10.3 Å². The SMILES string of the molecule is CC(C)CNC(=O)C(C)OC(=O)CCn1cnc2c1c(=O)n(C)c(=O)n2C. The van der Waals surface area contributed by atoms with Crippen molar-refractivity contribution in [1.82, 2.24) is 24.0 Å². The van der Waals surface area contributed by atoms with E-state index >= 15 is 0 Å². The molecule has 1 N–H and O–H groups in total. The van der Waals surface area contributed by atoms with Crippen molar-refractivity contribution in [2.45, 2.75) is 39.8 Å². The normalized spacial score (nSPS) is 12.4. The maximum Gasteiger partial charge on any atom is 0.332 e. The van der Waals surface area contributed by atoms with Gasteiger partial charge in [-0.1, -0.05) is 13.8 Å². The highest BCUT2D eigenvalue weighted by Gasteiger charge is 2.19. The van der Waals surface area contributed by atoms with E-state index < -0.39 is 23.3 Å². The van der Waals surface area contributed by atoms with Gasteiger partial charge in [-0.3, -0.25) is 23.5 Å². The van der Waals surface area contributed by atoms with Gasteiger partial charge in [-0.2, -0.15) is 0 Å². The molecule has 10 nitrogen and oxygen atoms in total. The van der Waals surface area contributed by atoms with E-state index in [1.165, 1.54) is 36.5 Å². The van der Waals surface area contributed by atoms with E-state index in [0.717, 1.165) is 4.57 Å². The molecule has 1 amide bonds. The maximum absolute atomic E-state index is 12.3. The fraction of sp³-hybridized carbons (Fsp3) is 0.588. The lowest BCUT2D eigenvalue weighted by molar-refractivity contribution is -0.155. The van der Waals surface area contributed by atoms with Gasteiger partial charge in [-0.15, -0.1) is 0 Å². The summed E-state index contributed by atoms with van der Waals surface area (Å²) < 4.78 is 8.89. The Labute approximate surface area is 155 Å². The van der Waals surface area contributed by atoms with E-state index in [4.69, 9.17) is 4.74 Å². The number of fused-ring (bicyclic) bond motifs is 1. The fourth-order valence-electron chi connectivity index (χ4n) is 2.54. The second-order valence-corrected chi connectivity index (χ2v) is 6.84. The van der Waals surface area contributed by atoms with Gasteiger partial charge in [0.25, 0.3) is 11.5 Å². The Balaban J connectivity index is 2.05. The van der Waals surface area contributed by atoms with Crippen LogP contribution in [0.1, 0.15) is 27.2 Å². The predicted molar refractivity (Wildman–Crippen MR) is 98.2 cm³/mol. The van der Waals surface area contributed by atoms with Crippen LogP contribution in [0.2, 0.25) is 0 Å². The maximum atomic E-state index is 12.3. The molecule has 1 atom stereocenters. The second kappa shape index (κ2) is 8.19. The molecule has 0 spiro atoms. The number of ether oxygens (including phenoxy) is 1. The van der Waals surface area contributed by atoms with Gasteiger partial charge in [0.15, 0.2) is 17.3 Å². The molecule has 0 saturated heterocycles. The number of hydrogen-bond acceptors (Lipinski definition) is 6. The average Bonchev–Trinajstić information content (AvgIpc) is 3.04. The third kappa shape index (κ3) is 4.44. The predicted octanol–water partition coefficient (Wildman–Crippen LogP) is -0.472. The molecular weight excluding hydrogens is 354 g/mol. The third-order valence-corrected chi connectivity index (χ3v) is 4.14. The monoisotopic (exact) mass is 379 g/mol. The Morgan fingerprint density at radius 1 is 1.19 bits per heavy atom. The number of carbonyl (C=O) groups is 2. The van der Waals surface area contributed by atoms with Crippen molar-refractivity contribution in [1.29, 1.82) is 0 Å². The molecule has 0 aliphatic carbocycles.